The predicted molar refractivity (Wildman–Crippen MR) is 60.0 cm³/mol. The van der Waals surface area contributed by atoms with E-state index in [-0.39, 0.29) is 10.8 Å². The van der Waals surface area contributed by atoms with Gasteiger partial charge in [0.05, 0.1) is 5.25 Å². The summed E-state index contributed by atoms with van der Waals surface area (Å²) in [7, 11) is -3.02. The molecular weight excluding hydrogens is 212 g/mol. The molecule has 15 heavy (non-hydrogen) atoms. The minimum Gasteiger partial charge on any atom is -0.324 e. The Morgan fingerprint density at radius 3 is 2.67 bits per heavy atom. The average molecular weight is 232 g/mol. The third kappa shape index (κ3) is 2.19. The van der Waals surface area contributed by atoms with Crippen LogP contribution in [-0.4, -0.2) is 36.6 Å². The Morgan fingerprint density at radius 1 is 1.47 bits per heavy atom. The Labute approximate surface area is 91.9 Å². The highest BCUT2D eigenvalue weighted by molar-refractivity contribution is 7.90. The maximum absolute atomic E-state index is 12.0. The number of nitrogens with two attached hydrogens (primary N) is 1. The van der Waals surface area contributed by atoms with Crippen molar-refractivity contribution in [1.29, 1.82) is 0 Å². The molecule has 0 radical (unpaired) electrons. The van der Waals surface area contributed by atoms with Gasteiger partial charge in [-0.05, 0) is 32.1 Å². The standard InChI is InChI=1S/C10H20N2O2S/c1-2-10(11)6-3-7-12(8-10)15(13,14)9-4-5-9/h9H,2-8,11H2,1H3. The number of piperidine rings is 1. The quantitative estimate of drug-likeness (QED) is 0.778. The molecule has 5 heteroatoms. The van der Waals surface area contributed by atoms with Crippen molar-refractivity contribution in [2.75, 3.05) is 13.1 Å². The summed E-state index contributed by atoms with van der Waals surface area (Å²) in [4.78, 5) is 0. The molecular formula is C10H20N2O2S. The third-order valence-corrected chi connectivity index (χ3v) is 5.93. The van der Waals surface area contributed by atoms with E-state index in [4.69, 9.17) is 5.73 Å². The molecule has 88 valence electrons. The van der Waals surface area contributed by atoms with E-state index in [0.29, 0.717) is 13.1 Å². The van der Waals surface area contributed by atoms with Gasteiger partial charge in [0.1, 0.15) is 0 Å². The van der Waals surface area contributed by atoms with Gasteiger partial charge in [0, 0.05) is 18.6 Å². The van der Waals surface area contributed by atoms with Crippen LogP contribution in [0.1, 0.15) is 39.0 Å². The Hall–Kier alpha value is -0.130. The van der Waals surface area contributed by atoms with E-state index in [9.17, 15) is 8.42 Å². The summed E-state index contributed by atoms with van der Waals surface area (Å²) in [5.41, 5.74) is 5.87. The van der Waals surface area contributed by atoms with Gasteiger partial charge in [-0.3, -0.25) is 0 Å². The van der Waals surface area contributed by atoms with Gasteiger partial charge in [0.15, 0.2) is 0 Å². The average Bonchev–Trinajstić information content (AvgIpc) is 3.01. The Morgan fingerprint density at radius 2 is 2.13 bits per heavy atom. The van der Waals surface area contributed by atoms with Crippen LogP contribution in [0.25, 0.3) is 0 Å². The summed E-state index contributed by atoms with van der Waals surface area (Å²) in [6, 6.07) is 0. The number of sulfonamides is 1. The number of rotatable bonds is 3. The molecule has 0 aromatic heterocycles. The molecule has 1 atom stereocenters. The fraction of sp³-hybridized carbons (Fsp3) is 1.00. The molecule has 0 aromatic carbocycles. The largest absolute Gasteiger partial charge is 0.324 e. The normalized spacial score (nSPS) is 34.3. The summed E-state index contributed by atoms with van der Waals surface area (Å²) in [5.74, 6) is 0. The zero-order valence-corrected chi connectivity index (χ0v) is 10.1. The summed E-state index contributed by atoms with van der Waals surface area (Å²) >= 11 is 0. The molecule has 0 spiro atoms. The zero-order chi connectivity index (χ0) is 11.1. The van der Waals surface area contributed by atoms with Crippen LogP contribution < -0.4 is 5.73 Å². The van der Waals surface area contributed by atoms with Gasteiger partial charge >= 0.3 is 0 Å². The van der Waals surface area contributed by atoms with Crippen LogP contribution in [-0.2, 0) is 10.0 Å². The molecule has 0 aromatic rings. The van der Waals surface area contributed by atoms with E-state index in [1.807, 2.05) is 6.92 Å². The van der Waals surface area contributed by atoms with Gasteiger partial charge in [0.2, 0.25) is 10.0 Å². The van der Waals surface area contributed by atoms with Crippen LogP contribution in [0.15, 0.2) is 0 Å². The van der Waals surface area contributed by atoms with Crippen molar-refractivity contribution < 1.29 is 8.42 Å². The summed E-state index contributed by atoms with van der Waals surface area (Å²) in [5, 5.41) is -0.100. The molecule has 1 aliphatic carbocycles. The second-order valence-electron chi connectivity index (χ2n) is 4.90. The van der Waals surface area contributed by atoms with Crippen LogP contribution in [0.4, 0.5) is 0 Å². The summed E-state index contributed by atoms with van der Waals surface area (Å²) in [6.45, 7) is 3.22. The van der Waals surface area contributed by atoms with Crippen LogP contribution >= 0.6 is 0 Å². The number of hydrogen-bond acceptors (Lipinski definition) is 3. The van der Waals surface area contributed by atoms with Gasteiger partial charge < -0.3 is 5.73 Å². The molecule has 1 saturated heterocycles. The zero-order valence-electron chi connectivity index (χ0n) is 9.28. The second kappa shape index (κ2) is 3.71. The van der Waals surface area contributed by atoms with Gasteiger partial charge in [-0.15, -0.1) is 0 Å². The summed E-state index contributed by atoms with van der Waals surface area (Å²) in [6.07, 6.45) is 4.37. The lowest BCUT2D eigenvalue weighted by molar-refractivity contribution is 0.221. The van der Waals surface area contributed by atoms with Gasteiger partial charge in [-0.25, -0.2) is 8.42 Å². The molecule has 4 nitrogen and oxygen atoms in total. The molecule has 2 rings (SSSR count). The van der Waals surface area contributed by atoms with Crippen molar-refractivity contribution in [3.8, 4) is 0 Å². The first-order chi connectivity index (χ1) is 6.98. The molecule has 2 N–H and O–H groups in total. The second-order valence-corrected chi connectivity index (χ2v) is 7.11. The molecule has 2 aliphatic rings. The van der Waals surface area contributed by atoms with Crippen LogP contribution in [0, 0.1) is 0 Å². The first-order valence-electron chi connectivity index (χ1n) is 5.76. The monoisotopic (exact) mass is 232 g/mol. The number of nitrogens with zero attached hydrogens (tertiary/aromatic N) is 1. The van der Waals surface area contributed by atoms with E-state index in [1.54, 1.807) is 4.31 Å². The molecule has 1 heterocycles. The van der Waals surface area contributed by atoms with E-state index in [0.717, 1.165) is 32.1 Å². The highest BCUT2D eigenvalue weighted by Gasteiger charge is 2.43. The minimum absolute atomic E-state index is 0.100. The number of hydrogen-bond donors (Lipinski definition) is 1. The highest BCUT2D eigenvalue weighted by Crippen LogP contribution is 2.34. The van der Waals surface area contributed by atoms with Crippen molar-refractivity contribution in [3.63, 3.8) is 0 Å². The van der Waals surface area contributed by atoms with E-state index in [2.05, 4.69) is 0 Å². The van der Waals surface area contributed by atoms with Crippen molar-refractivity contribution in [1.82, 2.24) is 4.31 Å². The molecule has 0 bridgehead atoms. The van der Waals surface area contributed by atoms with Gasteiger partial charge in [0.25, 0.3) is 0 Å². The van der Waals surface area contributed by atoms with Gasteiger partial charge in [-0.2, -0.15) is 4.31 Å². The Balaban J connectivity index is 2.10. The Kier molecular flexibility index (Phi) is 2.81. The highest BCUT2D eigenvalue weighted by atomic mass is 32.2. The maximum atomic E-state index is 12.0. The van der Waals surface area contributed by atoms with Crippen molar-refractivity contribution in [2.24, 2.45) is 5.73 Å². The predicted octanol–water partition coefficient (Wildman–Crippen LogP) is 0.682. The third-order valence-electron chi connectivity index (χ3n) is 3.58. The van der Waals surface area contributed by atoms with Gasteiger partial charge in [-0.1, -0.05) is 6.92 Å². The lowest BCUT2D eigenvalue weighted by Crippen LogP contribution is -2.55. The summed E-state index contributed by atoms with van der Waals surface area (Å²) < 4.78 is 25.7. The molecule has 0 amide bonds. The minimum atomic E-state index is -3.02. The molecule has 1 aliphatic heterocycles. The SMILES string of the molecule is CCC1(N)CCCN(S(=O)(=O)C2CC2)C1. The van der Waals surface area contributed by atoms with Crippen molar-refractivity contribution >= 4 is 10.0 Å². The molecule has 2 fully saturated rings. The maximum Gasteiger partial charge on any atom is 0.217 e. The first kappa shape index (κ1) is 11.4. The first-order valence-corrected chi connectivity index (χ1v) is 7.26. The lowest BCUT2D eigenvalue weighted by atomic mass is 9.89. The van der Waals surface area contributed by atoms with E-state index in [1.165, 1.54) is 0 Å². The van der Waals surface area contributed by atoms with Crippen LogP contribution in [0.3, 0.4) is 0 Å². The topological polar surface area (TPSA) is 63.4 Å². The fourth-order valence-corrected chi connectivity index (χ4v) is 4.17. The fourth-order valence-electron chi connectivity index (χ4n) is 2.20. The Bertz CT molecular complexity index is 337. The van der Waals surface area contributed by atoms with Crippen molar-refractivity contribution in [3.05, 3.63) is 0 Å². The molecule has 1 saturated carbocycles. The molecule has 1 unspecified atom stereocenters. The van der Waals surface area contributed by atoms with E-state index < -0.39 is 10.0 Å². The van der Waals surface area contributed by atoms with Crippen LogP contribution in [0.5, 0.6) is 0 Å². The van der Waals surface area contributed by atoms with Crippen LogP contribution in [0.2, 0.25) is 0 Å². The van der Waals surface area contributed by atoms with Crippen molar-refractivity contribution in [2.45, 2.75) is 49.8 Å². The lowest BCUT2D eigenvalue weighted by Gasteiger charge is -2.39. The van der Waals surface area contributed by atoms with E-state index >= 15 is 0 Å². The smallest absolute Gasteiger partial charge is 0.217 e.